The summed E-state index contributed by atoms with van der Waals surface area (Å²) < 4.78 is 1.12. The Morgan fingerprint density at radius 2 is 1.94 bits per heavy atom. The topological polar surface area (TPSA) is 24.4 Å². The van der Waals surface area contributed by atoms with Crippen molar-refractivity contribution in [3.8, 4) is 0 Å². The van der Waals surface area contributed by atoms with Crippen LogP contribution in [0, 0.1) is 0 Å². The van der Waals surface area contributed by atoms with Gasteiger partial charge in [-0.15, -0.1) is 11.3 Å². The monoisotopic (exact) mass is 294 g/mol. The molecule has 82 valence electrons. The first-order valence-corrected chi connectivity index (χ1v) is 6.48. The lowest BCUT2D eigenvalue weighted by atomic mass is 10.3. The summed E-state index contributed by atoms with van der Waals surface area (Å²) in [6.07, 6.45) is 0. The Labute approximate surface area is 107 Å². The van der Waals surface area contributed by atoms with E-state index in [0.29, 0.717) is 0 Å². The van der Waals surface area contributed by atoms with E-state index in [4.69, 9.17) is 0 Å². The van der Waals surface area contributed by atoms with Crippen LogP contribution in [0.15, 0.2) is 51.4 Å². The van der Waals surface area contributed by atoms with Crippen LogP contribution >= 0.6 is 27.3 Å². The van der Waals surface area contributed by atoms with Crippen LogP contribution in [0.3, 0.4) is 0 Å². The lowest BCUT2D eigenvalue weighted by molar-refractivity contribution is 1.33. The van der Waals surface area contributed by atoms with E-state index in [1.54, 1.807) is 11.3 Å². The zero-order chi connectivity index (χ0) is 11.4. The van der Waals surface area contributed by atoms with Crippen molar-refractivity contribution in [2.24, 2.45) is 5.10 Å². The zero-order valence-electron chi connectivity index (χ0n) is 8.77. The fraction of sp³-hybridized carbons (Fsp3) is 0.0833. The molecule has 16 heavy (non-hydrogen) atoms. The molecule has 2 nitrogen and oxygen atoms in total. The Bertz CT molecular complexity index is 491. The summed E-state index contributed by atoms with van der Waals surface area (Å²) >= 11 is 5.12. The highest BCUT2D eigenvalue weighted by molar-refractivity contribution is 9.11. The maximum atomic E-state index is 4.33. The van der Waals surface area contributed by atoms with Crippen LogP contribution in [0.5, 0.6) is 0 Å². The number of nitrogens with one attached hydrogen (secondary N) is 1. The molecule has 0 fully saturated rings. The number of nitrogens with zero attached hydrogens (tertiary/aromatic N) is 1. The molecule has 2 aromatic rings. The van der Waals surface area contributed by atoms with Gasteiger partial charge in [0.05, 0.1) is 20.1 Å². The van der Waals surface area contributed by atoms with Crippen LogP contribution in [0.2, 0.25) is 0 Å². The van der Waals surface area contributed by atoms with Crippen molar-refractivity contribution in [2.75, 3.05) is 5.43 Å². The molecule has 0 unspecified atom stereocenters. The standard InChI is InChI=1S/C12H11BrN2S/c1-9(11-7-8-12(13)16-11)14-15-10-5-3-2-4-6-10/h2-8,15H,1H3/b14-9+. The van der Waals surface area contributed by atoms with Crippen LogP contribution in [0.25, 0.3) is 0 Å². The molecule has 0 aliphatic heterocycles. The summed E-state index contributed by atoms with van der Waals surface area (Å²) in [6.45, 7) is 1.99. The largest absolute Gasteiger partial charge is 0.278 e. The van der Waals surface area contributed by atoms with E-state index in [0.717, 1.165) is 20.1 Å². The van der Waals surface area contributed by atoms with Crippen LogP contribution in [-0.2, 0) is 0 Å². The van der Waals surface area contributed by atoms with Crippen molar-refractivity contribution in [1.82, 2.24) is 0 Å². The molecule has 0 bridgehead atoms. The highest BCUT2D eigenvalue weighted by atomic mass is 79.9. The lowest BCUT2D eigenvalue weighted by Gasteiger charge is -2.00. The van der Waals surface area contributed by atoms with E-state index in [9.17, 15) is 0 Å². The molecule has 2 rings (SSSR count). The van der Waals surface area contributed by atoms with E-state index >= 15 is 0 Å². The van der Waals surface area contributed by atoms with Gasteiger partial charge in [-0.3, -0.25) is 5.43 Å². The van der Waals surface area contributed by atoms with Crippen molar-refractivity contribution >= 4 is 38.7 Å². The first-order valence-electron chi connectivity index (χ1n) is 4.87. The molecular weight excluding hydrogens is 284 g/mol. The van der Waals surface area contributed by atoms with Gasteiger partial charge in [0, 0.05) is 0 Å². The molecule has 4 heteroatoms. The van der Waals surface area contributed by atoms with Gasteiger partial charge in [0.2, 0.25) is 0 Å². The number of thiophene rings is 1. The molecule has 0 radical (unpaired) electrons. The highest BCUT2D eigenvalue weighted by Crippen LogP contribution is 2.22. The van der Waals surface area contributed by atoms with Gasteiger partial charge in [0.25, 0.3) is 0 Å². The first-order chi connectivity index (χ1) is 7.75. The van der Waals surface area contributed by atoms with Crippen LogP contribution < -0.4 is 5.43 Å². The van der Waals surface area contributed by atoms with Crippen molar-refractivity contribution in [2.45, 2.75) is 6.92 Å². The summed E-state index contributed by atoms with van der Waals surface area (Å²) in [5.41, 5.74) is 5.01. The summed E-state index contributed by atoms with van der Waals surface area (Å²) in [6, 6.07) is 14.0. The second-order valence-corrected chi connectivity index (χ2v) is 5.74. The SMILES string of the molecule is C/C(=N\Nc1ccccc1)c1ccc(Br)s1. The molecule has 1 aromatic carbocycles. The average Bonchev–Trinajstić information content (AvgIpc) is 2.74. The van der Waals surface area contributed by atoms with Gasteiger partial charge >= 0.3 is 0 Å². The highest BCUT2D eigenvalue weighted by Gasteiger charge is 2.00. The third-order valence-electron chi connectivity index (χ3n) is 2.06. The molecule has 0 aliphatic rings. The van der Waals surface area contributed by atoms with Gasteiger partial charge in [-0.05, 0) is 47.1 Å². The molecule has 0 saturated heterocycles. The van der Waals surface area contributed by atoms with Crippen molar-refractivity contribution < 1.29 is 0 Å². The Hall–Kier alpha value is -1.13. The second-order valence-electron chi connectivity index (χ2n) is 3.28. The molecule has 0 amide bonds. The van der Waals surface area contributed by atoms with Gasteiger partial charge < -0.3 is 0 Å². The van der Waals surface area contributed by atoms with E-state index in [2.05, 4.69) is 32.5 Å². The Kier molecular flexibility index (Phi) is 3.74. The fourth-order valence-electron chi connectivity index (χ4n) is 1.22. The summed E-state index contributed by atoms with van der Waals surface area (Å²) in [7, 11) is 0. The van der Waals surface area contributed by atoms with E-state index in [-0.39, 0.29) is 0 Å². The molecule has 0 saturated carbocycles. The minimum absolute atomic E-state index is 0.986. The van der Waals surface area contributed by atoms with Crippen molar-refractivity contribution in [3.05, 3.63) is 51.1 Å². The van der Waals surface area contributed by atoms with Gasteiger partial charge in [0.15, 0.2) is 0 Å². The average molecular weight is 295 g/mol. The van der Waals surface area contributed by atoms with Crippen LogP contribution in [0.4, 0.5) is 5.69 Å². The van der Waals surface area contributed by atoms with E-state index < -0.39 is 0 Å². The fourth-order valence-corrected chi connectivity index (χ4v) is 2.56. The minimum atomic E-state index is 0.986. The third-order valence-corrected chi connectivity index (χ3v) is 3.79. The smallest absolute Gasteiger partial charge is 0.0748 e. The van der Waals surface area contributed by atoms with Gasteiger partial charge in [-0.25, -0.2) is 0 Å². The van der Waals surface area contributed by atoms with Crippen LogP contribution in [0.1, 0.15) is 11.8 Å². The van der Waals surface area contributed by atoms with Gasteiger partial charge in [0.1, 0.15) is 0 Å². The number of rotatable bonds is 3. The third kappa shape index (κ3) is 2.93. The summed E-state index contributed by atoms with van der Waals surface area (Å²) in [5.74, 6) is 0. The number of anilines is 1. The van der Waals surface area contributed by atoms with E-state index in [1.807, 2.05) is 43.3 Å². The molecule has 0 spiro atoms. The molecular formula is C12H11BrN2S. The molecule has 1 heterocycles. The second kappa shape index (κ2) is 5.27. The maximum Gasteiger partial charge on any atom is 0.0748 e. The molecule has 0 aliphatic carbocycles. The lowest BCUT2D eigenvalue weighted by Crippen LogP contribution is -1.96. The van der Waals surface area contributed by atoms with Crippen molar-refractivity contribution in [3.63, 3.8) is 0 Å². The number of hydrogen-bond acceptors (Lipinski definition) is 3. The Balaban J connectivity index is 2.08. The molecule has 1 N–H and O–H groups in total. The predicted molar refractivity (Wildman–Crippen MR) is 74.3 cm³/mol. The number of hydrogen-bond donors (Lipinski definition) is 1. The normalized spacial score (nSPS) is 11.5. The van der Waals surface area contributed by atoms with Crippen molar-refractivity contribution in [1.29, 1.82) is 0 Å². The van der Waals surface area contributed by atoms with Gasteiger partial charge in [-0.2, -0.15) is 5.10 Å². The number of benzene rings is 1. The quantitative estimate of drug-likeness (QED) is 0.661. The van der Waals surface area contributed by atoms with E-state index in [1.165, 1.54) is 0 Å². The summed E-state index contributed by atoms with van der Waals surface area (Å²) in [5, 5.41) is 4.33. The Morgan fingerprint density at radius 3 is 2.56 bits per heavy atom. The molecule has 0 atom stereocenters. The number of hydrazone groups is 1. The molecule has 1 aromatic heterocycles. The van der Waals surface area contributed by atoms with Crippen LogP contribution in [-0.4, -0.2) is 5.71 Å². The first kappa shape index (κ1) is 11.4. The van der Waals surface area contributed by atoms with Gasteiger partial charge in [-0.1, -0.05) is 18.2 Å². The minimum Gasteiger partial charge on any atom is -0.278 e. The number of halogens is 1. The summed E-state index contributed by atoms with van der Waals surface area (Å²) in [4.78, 5) is 1.16. The number of para-hydroxylation sites is 1. The maximum absolute atomic E-state index is 4.33. The predicted octanol–water partition coefficient (Wildman–Crippen LogP) is 4.35. The zero-order valence-corrected chi connectivity index (χ0v) is 11.2. The Morgan fingerprint density at radius 1 is 1.19 bits per heavy atom.